The summed E-state index contributed by atoms with van der Waals surface area (Å²) in [6.45, 7) is 0. The van der Waals surface area contributed by atoms with Crippen LogP contribution in [0.5, 0.6) is 5.75 Å². The van der Waals surface area contributed by atoms with E-state index in [1.165, 1.54) is 0 Å². The first-order chi connectivity index (χ1) is 9.95. The molecule has 21 heavy (non-hydrogen) atoms. The smallest absolute Gasteiger partial charge is 0.256 e. The normalized spacial score (nSPS) is 15.2. The molecule has 0 bridgehead atoms. The Morgan fingerprint density at radius 1 is 1.14 bits per heavy atom. The number of amides is 1. The van der Waals surface area contributed by atoms with E-state index in [1.54, 1.807) is 36.4 Å². The van der Waals surface area contributed by atoms with Crippen molar-refractivity contribution in [2.24, 2.45) is 0 Å². The lowest BCUT2D eigenvalue weighted by molar-refractivity contribution is -0.110. The Kier molecular flexibility index (Phi) is 3.82. The van der Waals surface area contributed by atoms with Gasteiger partial charge < -0.3 is 10.4 Å². The Labute approximate surface area is 142 Å². The van der Waals surface area contributed by atoms with Crippen LogP contribution < -0.4 is 5.32 Å². The molecule has 106 valence electrons. The van der Waals surface area contributed by atoms with Crippen molar-refractivity contribution in [1.82, 2.24) is 0 Å². The number of halogens is 3. The zero-order valence-electron chi connectivity index (χ0n) is 10.5. The lowest BCUT2D eigenvalue weighted by atomic mass is 10.0. The molecule has 2 N–H and O–H groups in total. The molecule has 0 fully saturated rings. The maximum atomic E-state index is 12.1. The van der Waals surface area contributed by atoms with Crippen molar-refractivity contribution < 1.29 is 9.90 Å². The highest BCUT2D eigenvalue weighted by Crippen LogP contribution is 2.37. The van der Waals surface area contributed by atoms with E-state index in [-0.39, 0.29) is 11.7 Å². The molecule has 0 atom stereocenters. The molecule has 0 aliphatic carbocycles. The number of nitrogens with one attached hydrogen (secondary N) is 1. The van der Waals surface area contributed by atoms with Crippen molar-refractivity contribution in [2.45, 2.75) is 0 Å². The number of carbonyl (C=O) groups excluding carboxylic acids is 1. The van der Waals surface area contributed by atoms with Crippen LogP contribution in [0.25, 0.3) is 11.6 Å². The average Bonchev–Trinajstić information content (AvgIpc) is 2.72. The molecule has 1 aliphatic heterocycles. The third-order valence-electron chi connectivity index (χ3n) is 3.11. The summed E-state index contributed by atoms with van der Waals surface area (Å²) in [5.41, 5.74) is 2.84. The minimum Gasteiger partial charge on any atom is -0.506 e. The molecular formula is C15H8Br2ClNO2. The first kappa shape index (κ1) is 14.6. The van der Waals surface area contributed by atoms with Crippen LogP contribution in [0.3, 0.4) is 0 Å². The molecular weight excluding hydrogens is 421 g/mol. The predicted octanol–water partition coefficient (Wildman–Crippen LogP) is 5.06. The Bertz CT molecular complexity index is 779. The van der Waals surface area contributed by atoms with E-state index in [9.17, 15) is 9.90 Å². The topological polar surface area (TPSA) is 49.3 Å². The molecule has 0 saturated heterocycles. The highest BCUT2D eigenvalue weighted by molar-refractivity contribution is 9.11. The van der Waals surface area contributed by atoms with Crippen molar-refractivity contribution in [3.63, 3.8) is 0 Å². The molecule has 0 aromatic heterocycles. The van der Waals surface area contributed by atoms with Gasteiger partial charge in [0.05, 0.1) is 8.95 Å². The number of anilines is 1. The second-order valence-corrected chi connectivity index (χ2v) is 6.68. The number of phenols is 1. The summed E-state index contributed by atoms with van der Waals surface area (Å²) in [7, 11) is 0. The van der Waals surface area contributed by atoms with Gasteiger partial charge in [0.25, 0.3) is 5.91 Å². The average molecular weight is 429 g/mol. The summed E-state index contributed by atoms with van der Waals surface area (Å²) < 4.78 is 1.10. The fraction of sp³-hybridized carbons (Fsp3) is 0. The van der Waals surface area contributed by atoms with Gasteiger partial charge in [0, 0.05) is 21.8 Å². The third kappa shape index (κ3) is 2.73. The van der Waals surface area contributed by atoms with Crippen molar-refractivity contribution in [3.05, 3.63) is 55.4 Å². The zero-order chi connectivity index (χ0) is 15.1. The lowest BCUT2D eigenvalue weighted by Crippen LogP contribution is -2.03. The number of aromatic hydroxyl groups is 1. The zero-order valence-corrected chi connectivity index (χ0v) is 14.4. The van der Waals surface area contributed by atoms with E-state index < -0.39 is 0 Å². The molecule has 1 aliphatic rings. The van der Waals surface area contributed by atoms with Crippen LogP contribution in [0, 0.1) is 0 Å². The van der Waals surface area contributed by atoms with Crippen LogP contribution in [0.15, 0.2) is 39.3 Å². The van der Waals surface area contributed by atoms with Gasteiger partial charge in [0.15, 0.2) is 0 Å². The number of phenolic OH excluding ortho intramolecular Hbond substituents is 1. The minimum atomic E-state index is -0.174. The molecule has 0 spiro atoms. The van der Waals surface area contributed by atoms with Gasteiger partial charge in [-0.15, -0.1) is 0 Å². The Hall–Kier alpha value is -1.30. The summed E-state index contributed by atoms with van der Waals surface area (Å²) >= 11 is 12.5. The number of fused-ring (bicyclic) bond motifs is 1. The van der Waals surface area contributed by atoms with Crippen LogP contribution in [0.1, 0.15) is 11.1 Å². The van der Waals surface area contributed by atoms with Crippen molar-refractivity contribution in [1.29, 1.82) is 0 Å². The van der Waals surface area contributed by atoms with E-state index in [4.69, 9.17) is 11.6 Å². The number of rotatable bonds is 1. The summed E-state index contributed by atoms with van der Waals surface area (Å²) in [6.07, 6.45) is 1.76. The first-order valence-corrected chi connectivity index (χ1v) is 7.93. The van der Waals surface area contributed by atoms with Gasteiger partial charge in [-0.2, -0.15) is 0 Å². The van der Waals surface area contributed by atoms with Crippen molar-refractivity contribution in [2.75, 3.05) is 5.32 Å². The summed E-state index contributed by atoms with van der Waals surface area (Å²) in [5.74, 6) is -0.0518. The number of hydrogen-bond donors (Lipinski definition) is 2. The lowest BCUT2D eigenvalue weighted by Gasteiger charge is -2.04. The Morgan fingerprint density at radius 3 is 2.48 bits per heavy atom. The van der Waals surface area contributed by atoms with Crippen LogP contribution in [-0.2, 0) is 4.79 Å². The Morgan fingerprint density at radius 2 is 1.81 bits per heavy atom. The van der Waals surface area contributed by atoms with Gasteiger partial charge in [0.1, 0.15) is 5.75 Å². The maximum Gasteiger partial charge on any atom is 0.256 e. The fourth-order valence-corrected chi connectivity index (χ4v) is 3.53. The molecule has 2 aromatic rings. The highest BCUT2D eigenvalue weighted by Gasteiger charge is 2.24. The molecule has 1 amide bonds. The summed E-state index contributed by atoms with van der Waals surface area (Å²) in [6, 6.07) is 8.74. The van der Waals surface area contributed by atoms with Crippen molar-refractivity contribution in [3.8, 4) is 5.75 Å². The van der Waals surface area contributed by atoms with Crippen LogP contribution in [0.4, 0.5) is 5.69 Å². The van der Waals surface area contributed by atoms with E-state index >= 15 is 0 Å². The quantitative estimate of drug-likeness (QED) is 0.623. The monoisotopic (exact) mass is 427 g/mol. The van der Waals surface area contributed by atoms with E-state index in [1.807, 2.05) is 0 Å². The molecule has 3 nitrogen and oxygen atoms in total. The molecule has 2 aromatic carbocycles. The van der Waals surface area contributed by atoms with E-state index in [2.05, 4.69) is 37.2 Å². The molecule has 0 unspecified atom stereocenters. The molecule has 1 heterocycles. The standard InChI is InChI=1S/C15H8Br2ClNO2/c16-11-4-7(5-12(17)14(11)20)3-10-9-6-8(18)1-2-13(9)19-15(10)21/h1-6,20H,(H,19,21). The van der Waals surface area contributed by atoms with E-state index in [0.29, 0.717) is 19.5 Å². The largest absolute Gasteiger partial charge is 0.506 e. The Balaban J connectivity index is 2.13. The second kappa shape index (κ2) is 5.48. The summed E-state index contributed by atoms with van der Waals surface area (Å²) in [4.78, 5) is 12.1. The number of benzene rings is 2. The first-order valence-electron chi connectivity index (χ1n) is 5.96. The highest BCUT2D eigenvalue weighted by atomic mass is 79.9. The molecule has 0 radical (unpaired) electrons. The van der Waals surface area contributed by atoms with Gasteiger partial charge in [-0.25, -0.2) is 0 Å². The third-order valence-corrected chi connectivity index (χ3v) is 4.56. The van der Waals surface area contributed by atoms with Gasteiger partial charge >= 0.3 is 0 Å². The number of carbonyl (C=O) groups is 1. The van der Waals surface area contributed by atoms with Gasteiger partial charge in [-0.1, -0.05) is 11.6 Å². The predicted molar refractivity (Wildman–Crippen MR) is 91.5 cm³/mol. The fourth-order valence-electron chi connectivity index (χ4n) is 2.14. The van der Waals surface area contributed by atoms with Crippen LogP contribution in [-0.4, -0.2) is 11.0 Å². The van der Waals surface area contributed by atoms with Gasteiger partial charge in [-0.3, -0.25) is 4.79 Å². The SMILES string of the molecule is O=C1Nc2ccc(Cl)cc2C1=Cc1cc(Br)c(O)c(Br)c1. The molecule has 6 heteroatoms. The van der Waals surface area contributed by atoms with Gasteiger partial charge in [0.2, 0.25) is 0 Å². The minimum absolute atomic E-state index is 0.122. The second-order valence-electron chi connectivity index (χ2n) is 4.54. The van der Waals surface area contributed by atoms with E-state index in [0.717, 1.165) is 16.8 Å². The van der Waals surface area contributed by atoms with Gasteiger partial charge in [-0.05, 0) is 73.8 Å². The number of hydrogen-bond acceptors (Lipinski definition) is 2. The maximum absolute atomic E-state index is 12.1. The van der Waals surface area contributed by atoms with Crippen LogP contribution >= 0.6 is 43.5 Å². The molecule has 0 saturated carbocycles. The summed E-state index contributed by atoms with van der Waals surface area (Å²) in [5, 5.41) is 13.1. The molecule has 3 rings (SSSR count). The van der Waals surface area contributed by atoms with Crippen molar-refractivity contribution >= 4 is 66.7 Å². The van der Waals surface area contributed by atoms with Crippen LogP contribution in [0.2, 0.25) is 5.02 Å².